The first-order valence-corrected chi connectivity index (χ1v) is 7.68. The molecular weight excluding hydrogens is 328 g/mol. The molecule has 1 aliphatic rings. The number of Topliss-reactive ketones (excluding diaryl/α,β-unsaturated/α-hetero) is 1. The van der Waals surface area contributed by atoms with Gasteiger partial charge in [0.1, 0.15) is 5.75 Å². The minimum Gasteiger partial charge on any atom is -0.508 e. The van der Waals surface area contributed by atoms with Gasteiger partial charge in [0.25, 0.3) is 11.6 Å². The number of nitrogens with zero attached hydrogens (tertiary/aromatic N) is 1. The summed E-state index contributed by atoms with van der Waals surface area (Å²) in [5, 5.41) is 12.0. The van der Waals surface area contributed by atoms with E-state index >= 15 is 0 Å². The quantitative estimate of drug-likeness (QED) is 0.770. The van der Waals surface area contributed by atoms with E-state index in [2.05, 4.69) is 10.3 Å². The molecule has 0 spiro atoms. The van der Waals surface area contributed by atoms with Crippen LogP contribution in [0.4, 0.5) is 0 Å². The predicted octanol–water partition coefficient (Wildman–Crippen LogP) is 1.09. The van der Waals surface area contributed by atoms with Crippen molar-refractivity contribution in [2.45, 2.75) is 25.3 Å². The fraction of sp³-hybridized carbons (Fsp3) is 0.471. The zero-order chi connectivity index (χ0) is 18.8. The third kappa shape index (κ3) is 2.87. The molecular formula is C17H22N2O6. The van der Waals surface area contributed by atoms with Gasteiger partial charge in [-0.05, 0) is 24.3 Å². The Labute approximate surface area is 145 Å². The molecule has 1 aliphatic heterocycles. The van der Waals surface area contributed by atoms with Crippen LogP contribution < -0.4 is 5.32 Å². The number of phenols is 1. The van der Waals surface area contributed by atoms with Gasteiger partial charge in [0, 0.05) is 25.7 Å². The summed E-state index contributed by atoms with van der Waals surface area (Å²) in [6.07, 6.45) is 0. The first-order valence-electron chi connectivity index (χ1n) is 7.68. The number of benzene rings is 1. The SMILES string of the molecule is COC1=N[C@](OC)(C(C)C)C(=O)N[C@]1(OC)C(=O)c1ccc(O)cc1. The van der Waals surface area contributed by atoms with E-state index in [1.54, 1.807) is 13.8 Å². The topological polar surface area (TPSA) is 106 Å². The van der Waals surface area contributed by atoms with E-state index < -0.39 is 23.1 Å². The van der Waals surface area contributed by atoms with E-state index in [1.807, 2.05) is 0 Å². The van der Waals surface area contributed by atoms with Crippen LogP contribution in [0.5, 0.6) is 5.75 Å². The second kappa shape index (κ2) is 6.81. The van der Waals surface area contributed by atoms with Crippen LogP contribution in [0.15, 0.2) is 29.3 Å². The van der Waals surface area contributed by atoms with Crippen LogP contribution in [0.25, 0.3) is 0 Å². The van der Waals surface area contributed by atoms with Gasteiger partial charge < -0.3 is 24.6 Å². The summed E-state index contributed by atoms with van der Waals surface area (Å²) < 4.78 is 16.0. The second-order valence-corrected chi connectivity index (χ2v) is 5.89. The first-order chi connectivity index (χ1) is 11.8. The summed E-state index contributed by atoms with van der Waals surface area (Å²) in [5.41, 5.74) is -3.23. The Hall–Kier alpha value is -2.45. The molecule has 2 rings (SSSR count). The second-order valence-electron chi connectivity index (χ2n) is 5.89. The van der Waals surface area contributed by atoms with Crippen molar-refractivity contribution in [2.75, 3.05) is 21.3 Å². The maximum Gasteiger partial charge on any atom is 0.283 e. The lowest BCUT2D eigenvalue weighted by atomic mass is 9.92. The van der Waals surface area contributed by atoms with Crippen LogP contribution in [0, 0.1) is 5.92 Å². The molecule has 2 N–H and O–H groups in total. The van der Waals surface area contributed by atoms with E-state index in [9.17, 15) is 14.7 Å². The molecule has 1 amide bonds. The molecule has 0 radical (unpaired) electrons. The highest BCUT2D eigenvalue weighted by Gasteiger charge is 2.58. The van der Waals surface area contributed by atoms with Crippen molar-refractivity contribution < 1.29 is 28.9 Å². The molecule has 1 heterocycles. The van der Waals surface area contributed by atoms with Crippen molar-refractivity contribution in [3.63, 3.8) is 0 Å². The van der Waals surface area contributed by atoms with Crippen molar-refractivity contribution in [1.82, 2.24) is 5.32 Å². The van der Waals surface area contributed by atoms with Gasteiger partial charge in [-0.2, -0.15) is 0 Å². The molecule has 136 valence electrons. The molecule has 0 aliphatic carbocycles. The number of phenolic OH excluding ortho intramolecular Hbond substituents is 1. The maximum absolute atomic E-state index is 13.0. The molecule has 0 saturated carbocycles. The lowest BCUT2D eigenvalue weighted by molar-refractivity contribution is -0.156. The predicted molar refractivity (Wildman–Crippen MR) is 89.3 cm³/mol. The lowest BCUT2D eigenvalue weighted by Crippen LogP contribution is -2.70. The number of aromatic hydroxyl groups is 1. The van der Waals surface area contributed by atoms with Gasteiger partial charge in [-0.3, -0.25) is 9.59 Å². The van der Waals surface area contributed by atoms with Gasteiger partial charge in [-0.1, -0.05) is 13.8 Å². The summed E-state index contributed by atoms with van der Waals surface area (Å²) in [6.45, 7) is 3.53. The molecule has 0 aromatic heterocycles. The average molecular weight is 350 g/mol. The van der Waals surface area contributed by atoms with Gasteiger partial charge in [-0.25, -0.2) is 4.99 Å². The standard InChI is InChI=1S/C17H22N2O6/c1-10(2)16(24-4)14(22)18-17(25-5,15(19-16)23-3)13(21)11-6-8-12(20)9-7-11/h6-10,20H,1-5H3,(H,18,22)/t16-,17-/m0/s1. The van der Waals surface area contributed by atoms with Gasteiger partial charge in [0.05, 0.1) is 7.11 Å². The molecule has 0 unspecified atom stereocenters. The number of amides is 1. The smallest absolute Gasteiger partial charge is 0.283 e. The van der Waals surface area contributed by atoms with Crippen LogP contribution in [-0.2, 0) is 19.0 Å². The van der Waals surface area contributed by atoms with Gasteiger partial charge in [0.2, 0.25) is 17.4 Å². The normalized spacial score (nSPS) is 26.2. The highest BCUT2D eigenvalue weighted by atomic mass is 16.6. The molecule has 8 heteroatoms. The number of ether oxygens (including phenoxy) is 3. The Kier molecular flexibility index (Phi) is 5.15. The maximum atomic E-state index is 13.0. The Bertz CT molecular complexity index is 700. The molecule has 25 heavy (non-hydrogen) atoms. The summed E-state index contributed by atoms with van der Waals surface area (Å²) in [5.74, 6) is -1.63. The largest absolute Gasteiger partial charge is 0.508 e. The molecule has 0 fully saturated rings. The lowest BCUT2D eigenvalue weighted by Gasteiger charge is -2.42. The van der Waals surface area contributed by atoms with E-state index in [4.69, 9.17) is 14.2 Å². The average Bonchev–Trinajstić information content (AvgIpc) is 2.61. The number of ketones is 1. The summed E-state index contributed by atoms with van der Waals surface area (Å²) >= 11 is 0. The van der Waals surface area contributed by atoms with Gasteiger partial charge >= 0.3 is 0 Å². The fourth-order valence-corrected chi connectivity index (χ4v) is 2.74. The number of methoxy groups -OCH3 is 3. The zero-order valence-electron chi connectivity index (χ0n) is 14.8. The minimum atomic E-state index is -1.92. The summed E-state index contributed by atoms with van der Waals surface area (Å²) in [7, 11) is 3.95. The van der Waals surface area contributed by atoms with Crippen molar-refractivity contribution in [1.29, 1.82) is 0 Å². The number of hydrogen-bond donors (Lipinski definition) is 2. The number of carbonyl (C=O) groups is 2. The van der Waals surface area contributed by atoms with Crippen LogP contribution in [0.3, 0.4) is 0 Å². The Morgan fingerprint density at radius 1 is 1.16 bits per heavy atom. The molecule has 0 bridgehead atoms. The Morgan fingerprint density at radius 2 is 1.76 bits per heavy atom. The van der Waals surface area contributed by atoms with Crippen LogP contribution in [0.2, 0.25) is 0 Å². The van der Waals surface area contributed by atoms with Crippen LogP contribution >= 0.6 is 0 Å². The number of aliphatic imine (C=N–C) groups is 1. The monoisotopic (exact) mass is 350 g/mol. The van der Waals surface area contributed by atoms with E-state index in [0.29, 0.717) is 0 Å². The first kappa shape index (κ1) is 18.9. The third-order valence-corrected chi connectivity index (χ3v) is 4.23. The van der Waals surface area contributed by atoms with Crippen molar-refractivity contribution in [3.05, 3.63) is 29.8 Å². The molecule has 1 aromatic carbocycles. The highest BCUT2D eigenvalue weighted by molar-refractivity contribution is 6.20. The summed E-state index contributed by atoms with van der Waals surface area (Å²) in [6, 6.07) is 5.55. The van der Waals surface area contributed by atoms with E-state index in [-0.39, 0.29) is 23.1 Å². The van der Waals surface area contributed by atoms with E-state index in [0.717, 1.165) is 0 Å². The van der Waals surface area contributed by atoms with Crippen molar-refractivity contribution >= 4 is 17.6 Å². The van der Waals surface area contributed by atoms with Gasteiger partial charge in [-0.15, -0.1) is 0 Å². The minimum absolute atomic E-state index is 0.00883. The fourth-order valence-electron chi connectivity index (χ4n) is 2.74. The number of nitrogens with one attached hydrogen (secondary N) is 1. The number of rotatable bonds is 5. The number of carbonyl (C=O) groups excluding carboxylic acids is 2. The highest BCUT2D eigenvalue weighted by Crippen LogP contribution is 2.32. The zero-order valence-corrected chi connectivity index (χ0v) is 14.8. The third-order valence-electron chi connectivity index (χ3n) is 4.23. The number of hydrogen-bond acceptors (Lipinski definition) is 7. The van der Waals surface area contributed by atoms with Crippen LogP contribution in [0.1, 0.15) is 24.2 Å². The molecule has 1 aromatic rings. The van der Waals surface area contributed by atoms with E-state index in [1.165, 1.54) is 45.6 Å². The van der Waals surface area contributed by atoms with Crippen LogP contribution in [-0.4, -0.2) is 55.5 Å². The summed E-state index contributed by atoms with van der Waals surface area (Å²) in [4.78, 5) is 30.1. The molecule has 2 atom stereocenters. The Balaban J connectivity index is 2.60. The van der Waals surface area contributed by atoms with Crippen molar-refractivity contribution in [3.8, 4) is 5.75 Å². The molecule has 0 saturated heterocycles. The Morgan fingerprint density at radius 3 is 2.20 bits per heavy atom. The van der Waals surface area contributed by atoms with Gasteiger partial charge in [0.15, 0.2) is 0 Å². The molecule has 8 nitrogen and oxygen atoms in total. The van der Waals surface area contributed by atoms with Crippen molar-refractivity contribution in [2.24, 2.45) is 10.9 Å².